The number of para-hydroxylation sites is 4. The summed E-state index contributed by atoms with van der Waals surface area (Å²) >= 11 is 0. The van der Waals surface area contributed by atoms with Crippen LogP contribution in [0.4, 0.5) is 0 Å². The van der Waals surface area contributed by atoms with E-state index in [4.69, 9.17) is 40.7 Å². The summed E-state index contributed by atoms with van der Waals surface area (Å²) in [6.45, 7) is 8.50. The molecule has 0 saturated heterocycles. The molecular weight excluding hydrogens is 692 g/mol. The van der Waals surface area contributed by atoms with E-state index in [9.17, 15) is 0 Å². The van der Waals surface area contributed by atoms with Gasteiger partial charge in [-0.05, 0) is 0 Å². The Kier molecular flexibility index (Phi) is 13.2. The van der Waals surface area contributed by atoms with Crippen molar-refractivity contribution in [3.63, 3.8) is 0 Å². The Morgan fingerprint density at radius 3 is 1.42 bits per heavy atom. The van der Waals surface area contributed by atoms with Crippen LogP contribution in [-0.2, 0) is 18.1 Å². The molecule has 5 rings (SSSR count). The van der Waals surface area contributed by atoms with Crippen LogP contribution in [-0.4, -0.2) is 26.4 Å². The third kappa shape index (κ3) is 9.72. The Balaban J connectivity index is 1.81. The van der Waals surface area contributed by atoms with Crippen LogP contribution in [0, 0.1) is 0 Å². The molecule has 1 aliphatic rings. The van der Waals surface area contributed by atoms with Crippen LogP contribution in [0.1, 0.15) is 27.7 Å². The van der Waals surface area contributed by atoms with Crippen molar-refractivity contribution in [3.05, 3.63) is 121 Å². The molecule has 12 nitrogen and oxygen atoms in total. The van der Waals surface area contributed by atoms with Crippen LogP contribution >= 0.6 is 31.7 Å². The summed E-state index contributed by atoms with van der Waals surface area (Å²) in [6, 6.07) is 37.4. The quantitative estimate of drug-likeness (QED) is 0.0954. The SMILES string of the molecule is CCOP1(Oc2ccccc2)=N[PH](OCC)(Oc2ccccc2)N[PH](OCC)(Oc2ccccc2)N[PH](OCC)(Oc2ccccc2)N1. The molecule has 0 bridgehead atoms. The van der Waals surface area contributed by atoms with E-state index >= 15 is 0 Å². The summed E-state index contributed by atoms with van der Waals surface area (Å²) in [5, 5.41) is 0. The Morgan fingerprint density at radius 1 is 0.500 bits per heavy atom. The van der Waals surface area contributed by atoms with Gasteiger partial charge in [-0.3, -0.25) is 0 Å². The van der Waals surface area contributed by atoms with Crippen molar-refractivity contribution in [1.82, 2.24) is 14.6 Å². The van der Waals surface area contributed by atoms with E-state index in [1.807, 2.05) is 149 Å². The first-order valence-corrected chi connectivity index (χ1v) is 22.9. The van der Waals surface area contributed by atoms with Crippen molar-refractivity contribution in [2.24, 2.45) is 4.52 Å². The van der Waals surface area contributed by atoms with Gasteiger partial charge >= 0.3 is 285 Å². The van der Waals surface area contributed by atoms with Crippen LogP contribution in [0.5, 0.6) is 23.0 Å². The summed E-state index contributed by atoms with van der Waals surface area (Å²) in [5.74, 6) is 2.13. The summed E-state index contributed by atoms with van der Waals surface area (Å²) in [6.07, 6.45) is 0. The minimum absolute atomic E-state index is 0.232. The molecule has 4 aromatic carbocycles. The first-order valence-electron chi connectivity index (χ1n) is 15.9. The van der Waals surface area contributed by atoms with E-state index in [1.165, 1.54) is 0 Å². The van der Waals surface area contributed by atoms with Crippen LogP contribution in [0.25, 0.3) is 0 Å². The molecule has 16 heteroatoms. The average Bonchev–Trinajstić information content (AvgIpc) is 3.06. The molecule has 48 heavy (non-hydrogen) atoms. The third-order valence-corrected chi connectivity index (χ3v) is 20.8. The van der Waals surface area contributed by atoms with E-state index in [0.717, 1.165) is 0 Å². The second-order valence-corrected chi connectivity index (χ2v) is 20.4. The Hall–Kier alpha value is -2.68. The van der Waals surface area contributed by atoms with Gasteiger partial charge in [0.2, 0.25) is 0 Å². The Labute approximate surface area is 284 Å². The van der Waals surface area contributed by atoms with Crippen molar-refractivity contribution < 1.29 is 36.2 Å². The van der Waals surface area contributed by atoms with E-state index < -0.39 is 31.7 Å². The topological polar surface area (TPSA) is 122 Å². The molecule has 4 aromatic rings. The van der Waals surface area contributed by atoms with Gasteiger partial charge in [-0.25, -0.2) is 0 Å². The zero-order valence-electron chi connectivity index (χ0n) is 27.5. The molecule has 0 spiro atoms. The van der Waals surface area contributed by atoms with Crippen molar-refractivity contribution in [2.75, 3.05) is 26.4 Å². The molecule has 0 amide bonds. The fourth-order valence-corrected chi connectivity index (χ4v) is 21.2. The molecule has 1 aliphatic heterocycles. The van der Waals surface area contributed by atoms with Gasteiger partial charge in [0, 0.05) is 0 Å². The maximum absolute atomic E-state index is 6.82. The molecule has 0 fully saturated rings. The van der Waals surface area contributed by atoms with Gasteiger partial charge < -0.3 is 0 Å². The predicted molar refractivity (Wildman–Crippen MR) is 198 cm³/mol. The standard InChI is InChI=1S/C32H46N4O8P4/c1-5-37-45(41-29-21-13-9-14-22-29)33-46(38-6-2,42-30-23-15-10-16-24-30)35-48(40-8-4,44-32-27-19-12-20-28-32)36-47(34-45,39-7-3)43-31-25-17-11-18-26-31/h9-28,33-35,45-47H,5-8H2,1-4H3. The first-order chi connectivity index (χ1) is 23.4. The molecule has 3 N–H and O–H groups in total. The fourth-order valence-electron chi connectivity index (χ4n) is 4.82. The van der Waals surface area contributed by atoms with Gasteiger partial charge in [0.05, 0.1) is 0 Å². The summed E-state index contributed by atoms with van der Waals surface area (Å²) in [7, 11) is -15.6. The molecule has 1 heterocycles. The third-order valence-electron chi connectivity index (χ3n) is 6.52. The summed E-state index contributed by atoms with van der Waals surface area (Å²) in [4.78, 5) is 10.8. The van der Waals surface area contributed by atoms with Gasteiger partial charge in [-0.15, -0.1) is 0 Å². The summed E-state index contributed by atoms with van der Waals surface area (Å²) < 4.78 is 58.9. The van der Waals surface area contributed by atoms with E-state index in [-0.39, 0.29) is 26.4 Å². The van der Waals surface area contributed by atoms with Gasteiger partial charge in [0.1, 0.15) is 0 Å². The van der Waals surface area contributed by atoms with E-state index in [0.29, 0.717) is 23.0 Å². The molecule has 0 radical (unpaired) electrons. The zero-order chi connectivity index (χ0) is 33.8. The van der Waals surface area contributed by atoms with Crippen LogP contribution in [0.2, 0.25) is 0 Å². The normalized spacial score (nSPS) is 21.6. The zero-order valence-corrected chi connectivity index (χ0v) is 31.4. The van der Waals surface area contributed by atoms with Gasteiger partial charge in [-0.2, -0.15) is 0 Å². The second-order valence-electron chi connectivity index (χ2n) is 10.2. The molecule has 1 atom stereocenters. The van der Waals surface area contributed by atoms with Gasteiger partial charge in [-0.1, -0.05) is 0 Å². The predicted octanol–water partition coefficient (Wildman–Crippen LogP) is 9.41. The maximum atomic E-state index is 6.82. The van der Waals surface area contributed by atoms with Crippen molar-refractivity contribution in [3.8, 4) is 23.0 Å². The first kappa shape index (κ1) is 36.6. The number of nitrogens with one attached hydrogen (secondary N) is 3. The van der Waals surface area contributed by atoms with E-state index in [1.54, 1.807) is 0 Å². The van der Waals surface area contributed by atoms with Crippen LogP contribution < -0.4 is 32.7 Å². The minimum atomic E-state index is -4.06. The van der Waals surface area contributed by atoms with Gasteiger partial charge in [0.15, 0.2) is 0 Å². The monoisotopic (exact) mass is 738 g/mol. The molecule has 0 aromatic heterocycles. The van der Waals surface area contributed by atoms with Crippen molar-refractivity contribution >= 4 is 31.7 Å². The number of benzene rings is 4. The number of nitrogens with zero attached hydrogens (tertiary/aromatic N) is 1. The van der Waals surface area contributed by atoms with Crippen molar-refractivity contribution in [1.29, 1.82) is 0 Å². The molecule has 1 unspecified atom stereocenters. The number of hydrogen-bond donors (Lipinski definition) is 3. The van der Waals surface area contributed by atoms with E-state index in [2.05, 4.69) is 14.6 Å². The van der Waals surface area contributed by atoms with Gasteiger partial charge in [0.25, 0.3) is 0 Å². The molecule has 0 saturated carbocycles. The van der Waals surface area contributed by atoms with Crippen LogP contribution in [0.15, 0.2) is 126 Å². The van der Waals surface area contributed by atoms with Crippen LogP contribution in [0.3, 0.4) is 0 Å². The molecular formula is C32H46N4O8P4. The average molecular weight is 739 g/mol. The second kappa shape index (κ2) is 17.3. The molecule has 262 valence electrons. The molecule has 0 aliphatic carbocycles. The van der Waals surface area contributed by atoms with Crippen molar-refractivity contribution in [2.45, 2.75) is 27.7 Å². The Bertz CT molecular complexity index is 1600. The number of rotatable bonds is 16. The number of hydrogen-bond acceptors (Lipinski definition) is 12. The summed E-state index contributed by atoms with van der Waals surface area (Å²) in [5.41, 5.74) is 0. The Morgan fingerprint density at radius 2 is 0.938 bits per heavy atom. The fraction of sp³-hybridized carbons (Fsp3) is 0.250.